The van der Waals surface area contributed by atoms with Gasteiger partial charge in [0.15, 0.2) is 0 Å². The standard InChI is InChI=1S/C11H19N3O2/c1-2-5-14(8-3-4-12-7-8)9-6-10(15)13-11(9)16/h8-9,12H,2-7H2,1H3,(H,13,15,16). The van der Waals surface area contributed by atoms with Gasteiger partial charge in [-0.25, -0.2) is 0 Å². The van der Waals surface area contributed by atoms with E-state index in [1.807, 2.05) is 0 Å². The van der Waals surface area contributed by atoms with Crippen LogP contribution in [0, 0.1) is 0 Å². The molecule has 0 aromatic carbocycles. The van der Waals surface area contributed by atoms with Crippen LogP contribution in [-0.4, -0.2) is 48.4 Å². The number of imide groups is 1. The van der Waals surface area contributed by atoms with Gasteiger partial charge >= 0.3 is 0 Å². The van der Waals surface area contributed by atoms with E-state index in [9.17, 15) is 9.59 Å². The number of carbonyl (C=O) groups excluding carboxylic acids is 2. The second-order valence-corrected chi connectivity index (χ2v) is 4.52. The average molecular weight is 225 g/mol. The Labute approximate surface area is 95.6 Å². The van der Waals surface area contributed by atoms with Crippen LogP contribution in [0.2, 0.25) is 0 Å². The van der Waals surface area contributed by atoms with E-state index in [-0.39, 0.29) is 17.9 Å². The van der Waals surface area contributed by atoms with Crippen LogP contribution in [0.3, 0.4) is 0 Å². The van der Waals surface area contributed by atoms with Crippen LogP contribution < -0.4 is 10.6 Å². The maximum Gasteiger partial charge on any atom is 0.244 e. The highest BCUT2D eigenvalue weighted by Gasteiger charge is 2.38. The molecule has 0 radical (unpaired) electrons. The lowest BCUT2D eigenvalue weighted by Crippen LogP contribution is -2.48. The maximum atomic E-state index is 11.7. The number of hydrogen-bond acceptors (Lipinski definition) is 4. The van der Waals surface area contributed by atoms with Gasteiger partial charge in [0.2, 0.25) is 11.8 Å². The summed E-state index contributed by atoms with van der Waals surface area (Å²) in [7, 11) is 0. The summed E-state index contributed by atoms with van der Waals surface area (Å²) in [5, 5.41) is 5.69. The molecule has 2 N–H and O–H groups in total. The molecule has 90 valence electrons. The highest BCUT2D eigenvalue weighted by molar-refractivity contribution is 6.05. The zero-order chi connectivity index (χ0) is 11.5. The summed E-state index contributed by atoms with van der Waals surface area (Å²) in [5.74, 6) is -0.257. The minimum atomic E-state index is -0.239. The van der Waals surface area contributed by atoms with E-state index >= 15 is 0 Å². The molecule has 0 aliphatic carbocycles. The number of rotatable bonds is 4. The summed E-state index contributed by atoms with van der Waals surface area (Å²) in [6.07, 6.45) is 2.40. The van der Waals surface area contributed by atoms with Crippen molar-refractivity contribution in [1.82, 2.24) is 15.5 Å². The molecule has 2 rings (SSSR count). The third-order valence-electron chi connectivity index (χ3n) is 3.33. The Morgan fingerprint density at radius 2 is 2.25 bits per heavy atom. The second-order valence-electron chi connectivity index (χ2n) is 4.52. The van der Waals surface area contributed by atoms with Crippen LogP contribution >= 0.6 is 0 Å². The number of carbonyl (C=O) groups is 2. The van der Waals surface area contributed by atoms with Crippen LogP contribution in [0.25, 0.3) is 0 Å². The molecule has 16 heavy (non-hydrogen) atoms. The largest absolute Gasteiger partial charge is 0.315 e. The van der Waals surface area contributed by atoms with Gasteiger partial charge in [-0.05, 0) is 25.9 Å². The molecule has 2 saturated heterocycles. The van der Waals surface area contributed by atoms with E-state index < -0.39 is 0 Å². The fourth-order valence-corrected chi connectivity index (χ4v) is 2.58. The summed E-state index contributed by atoms with van der Waals surface area (Å²) < 4.78 is 0. The lowest BCUT2D eigenvalue weighted by molar-refractivity contribution is -0.126. The predicted molar refractivity (Wildman–Crippen MR) is 59.8 cm³/mol. The molecule has 2 amide bonds. The molecule has 2 unspecified atom stereocenters. The van der Waals surface area contributed by atoms with E-state index in [0.717, 1.165) is 32.5 Å². The molecule has 2 atom stereocenters. The van der Waals surface area contributed by atoms with Gasteiger partial charge in [0.25, 0.3) is 0 Å². The van der Waals surface area contributed by atoms with Gasteiger partial charge in [-0.15, -0.1) is 0 Å². The Morgan fingerprint density at radius 3 is 2.75 bits per heavy atom. The van der Waals surface area contributed by atoms with Crippen molar-refractivity contribution in [3.05, 3.63) is 0 Å². The molecule has 0 saturated carbocycles. The molecule has 0 spiro atoms. The van der Waals surface area contributed by atoms with Crippen molar-refractivity contribution < 1.29 is 9.59 Å². The number of hydrogen-bond donors (Lipinski definition) is 2. The minimum absolute atomic E-state index is 0.120. The zero-order valence-electron chi connectivity index (χ0n) is 9.66. The van der Waals surface area contributed by atoms with Crippen LogP contribution in [0.5, 0.6) is 0 Å². The van der Waals surface area contributed by atoms with Gasteiger partial charge in [-0.2, -0.15) is 0 Å². The highest BCUT2D eigenvalue weighted by atomic mass is 16.2. The molecular formula is C11H19N3O2. The third-order valence-corrected chi connectivity index (χ3v) is 3.33. The summed E-state index contributed by atoms with van der Waals surface area (Å²) >= 11 is 0. The molecule has 2 heterocycles. The Morgan fingerprint density at radius 1 is 1.44 bits per heavy atom. The first-order valence-electron chi connectivity index (χ1n) is 6.02. The first-order chi connectivity index (χ1) is 7.72. The number of nitrogens with one attached hydrogen (secondary N) is 2. The van der Waals surface area contributed by atoms with E-state index in [2.05, 4.69) is 22.5 Å². The van der Waals surface area contributed by atoms with Crippen LogP contribution in [0.15, 0.2) is 0 Å². The number of amides is 2. The van der Waals surface area contributed by atoms with Gasteiger partial charge in [0.05, 0.1) is 12.5 Å². The van der Waals surface area contributed by atoms with Gasteiger partial charge in [0.1, 0.15) is 0 Å². The normalized spacial score (nSPS) is 30.1. The van der Waals surface area contributed by atoms with Gasteiger partial charge in [-0.3, -0.25) is 19.8 Å². The van der Waals surface area contributed by atoms with Gasteiger partial charge in [0, 0.05) is 12.6 Å². The van der Waals surface area contributed by atoms with Crippen molar-refractivity contribution in [3.8, 4) is 0 Å². The van der Waals surface area contributed by atoms with E-state index in [4.69, 9.17) is 0 Å². The Hall–Kier alpha value is -0.940. The molecule has 5 heteroatoms. The predicted octanol–water partition coefficient (Wildman–Crippen LogP) is -0.525. The van der Waals surface area contributed by atoms with Crippen molar-refractivity contribution in [2.45, 2.75) is 38.3 Å². The lowest BCUT2D eigenvalue weighted by atomic mass is 10.1. The smallest absolute Gasteiger partial charge is 0.244 e. The molecule has 0 bridgehead atoms. The molecular weight excluding hydrogens is 206 g/mol. The summed E-state index contributed by atoms with van der Waals surface area (Å²) in [6, 6.07) is 0.166. The zero-order valence-corrected chi connectivity index (χ0v) is 9.66. The second kappa shape index (κ2) is 4.93. The average Bonchev–Trinajstić information content (AvgIpc) is 2.85. The first-order valence-corrected chi connectivity index (χ1v) is 6.02. The van der Waals surface area contributed by atoms with E-state index in [1.54, 1.807) is 0 Å². The van der Waals surface area contributed by atoms with Crippen LogP contribution in [0.4, 0.5) is 0 Å². The van der Waals surface area contributed by atoms with E-state index in [1.165, 1.54) is 0 Å². The molecule has 0 aromatic rings. The Kier molecular flexibility index (Phi) is 3.56. The summed E-state index contributed by atoms with van der Waals surface area (Å²) in [6.45, 7) is 4.92. The number of nitrogens with zero attached hydrogens (tertiary/aromatic N) is 1. The Bertz CT molecular complexity index is 287. The monoisotopic (exact) mass is 225 g/mol. The summed E-state index contributed by atoms with van der Waals surface area (Å²) in [5.41, 5.74) is 0. The molecule has 2 fully saturated rings. The van der Waals surface area contributed by atoms with Crippen molar-refractivity contribution >= 4 is 11.8 Å². The topological polar surface area (TPSA) is 61.4 Å². The maximum absolute atomic E-state index is 11.7. The van der Waals surface area contributed by atoms with Crippen LogP contribution in [0.1, 0.15) is 26.2 Å². The Balaban J connectivity index is 2.05. The van der Waals surface area contributed by atoms with Gasteiger partial charge < -0.3 is 5.32 Å². The molecule has 2 aliphatic rings. The molecule has 5 nitrogen and oxygen atoms in total. The lowest BCUT2D eigenvalue weighted by Gasteiger charge is -2.31. The van der Waals surface area contributed by atoms with Crippen molar-refractivity contribution in [2.75, 3.05) is 19.6 Å². The fraction of sp³-hybridized carbons (Fsp3) is 0.818. The van der Waals surface area contributed by atoms with Crippen LogP contribution in [-0.2, 0) is 9.59 Å². The van der Waals surface area contributed by atoms with Gasteiger partial charge in [-0.1, -0.05) is 6.92 Å². The summed E-state index contributed by atoms with van der Waals surface area (Å²) in [4.78, 5) is 25.1. The van der Waals surface area contributed by atoms with E-state index in [0.29, 0.717) is 12.5 Å². The minimum Gasteiger partial charge on any atom is -0.315 e. The molecule has 2 aliphatic heterocycles. The SMILES string of the molecule is CCCN(C1CCNC1)C1CC(=O)NC1=O. The van der Waals surface area contributed by atoms with Crippen molar-refractivity contribution in [3.63, 3.8) is 0 Å². The fourth-order valence-electron chi connectivity index (χ4n) is 2.58. The molecule has 0 aromatic heterocycles. The highest BCUT2D eigenvalue weighted by Crippen LogP contribution is 2.18. The third kappa shape index (κ3) is 2.25. The van der Waals surface area contributed by atoms with Crippen molar-refractivity contribution in [2.24, 2.45) is 0 Å². The first kappa shape index (κ1) is 11.5. The van der Waals surface area contributed by atoms with Crippen molar-refractivity contribution in [1.29, 1.82) is 0 Å². The quantitative estimate of drug-likeness (QED) is 0.632.